The maximum atomic E-state index is 13.7. The molecule has 3 heterocycles. The van der Waals surface area contributed by atoms with Gasteiger partial charge >= 0.3 is 0 Å². The van der Waals surface area contributed by atoms with Gasteiger partial charge in [-0.25, -0.2) is 9.87 Å². The van der Waals surface area contributed by atoms with Crippen molar-refractivity contribution in [2.75, 3.05) is 70.1 Å². The molecule has 1 atom stereocenters. The highest BCUT2D eigenvalue weighted by Gasteiger charge is 2.27. The molecule has 16 heteroatoms. The molecule has 2 amide bonds. The van der Waals surface area contributed by atoms with Crippen LogP contribution in [0.15, 0.2) is 78.0 Å². The van der Waals surface area contributed by atoms with Crippen molar-refractivity contribution in [2.45, 2.75) is 29.4 Å². The second kappa shape index (κ2) is 18.6. The van der Waals surface area contributed by atoms with Crippen LogP contribution in [0, 0.1) is 0 Å². The van der Waals surface area contributed by atoms with Gasteiger partial charge < -0.3 is 19.9 Å². The first-order chi connectivity index (χ1) is 24.7. The first-order valence-corrected chi connectivity index (χ1v) is 20.0. The Morgan fingerprint density at radius 1 is 1.06 bits per heavy atom. The van der Waals surface area contributed by atoms with Crippen LogP contribution in [0.2, 0.25) is 0 Å². The highest BCUT2D eigenvalue weighted by Crippen LogP contribution is 2.34. The molecule has 1 unspecified atom stereocenters. The van der Waals surface area contributed by atoms with Crippen molar-refractivity contribution in [3.63, 3.8) is 0 Å². The lowest BCUT2D eigenvalue weighted by Gasteiger charge is -2.36. The fraction of sp³-hybridized carbons (Fsp3) is 0.400. The molecule has 2 aromatic heterocycles. The summed E-state index contributed by atoms with van der Waals surface area (Å²) in [6, 6.07) is 20.0. The van der Waals surface area contributed by atoms with Crippen LogP contribution in [0.5, 0.6) is 5.75 Å². The molecule has 51 heavy (non-hydrogen) atoms. The van der Waals surface area contributed by atoms with Gasteiger partial charge in [-0.3, -0.25) is 18.8 Å². The van der Waals surface area contributed by atoms with E-state index in [4.69, 9.17) is 9.07 Å². The quantitative estimate of drug-likeness (QED) is 0.0637. The minimum Gasteiger partial charge on any atom is -0.493 e. The summed E-state index contributed by atoms with van der Waals surface area (Å²) < 4.78 is 39.2. The van der Waals surface area contributed by atoms with Gasteiger partial charge in [0.05, 0.1) is 24.9 Å². The molecule has 1 aliphatic heterocycles. The number of amides is 2. The largest absolute Gasteiger partial charge is 0.493 e. The number of rotatable bonds is 18. The lowest BCUT2D eigenvalue weighted by atomic mass is 10.2. The van der Waals surface area contributed by atoms with Crippen molar-refractivity contribution in [2.24, 2.45) is 0 Å². The van der Waals surface area contributed by atoms with E-state index in [2.05, 4.69) is 37.2 Å². The number of nitrogens with zero attached hydrogens (tertiary/aromatic N) is 4. The van der Waals surface area contributed by atoms with Gasteiger partial charge in [0.25, 0.3) is 15.9 Å². The zero-order chi connectivity index (χ0) is 36.2. The maximum absolute atomic E-state index is 13.7. The first-order valence-electron chi connectivity index (χ1n) is 16.6. The van der Waals surface area contributed by atoms with Gasteiger partial charge in [-0.05, 0) is 36.2 Å². The summed E-state index contributed by atoms with van der Waals surface area (Å²) in [4.78, 5) is 41.6. The van der Waals surface area contributed by atoms with Crippen molar-refractivity contribution >= 4 is 62.2 Å². The Kier molecular flexibility index (Phi) is 14.0. The zero-order valence-electron chi connectivity index (χ0n) is 28.9. The lowest BCUT2D eigenvalue weighted by Crippen LogP contribution is -2.50. The number of fused-ring (bicyclic) bond motifs is 1. The Bertz CT molecular complexity index is 1840. The van der Waals surface area contributed by atoms with E-state index in [1.807, 2.05) is 23.1 Å². The molecule has 1 saturated heterocycles. The number of hydrogen-bond donors (Lipinski definition) is 2. The van der Waals surface area contributed by atoms with Gasteiger partial charge in [0, 0.05) is 99.7 Å². The van der Waals surface area contributed by atoms with E-state index < -0.39 is 10.0 Å². The fourth-order valence-electron chi connectivity index (χ4n) is 5.61. The van der Waals surface area contributed by atoms with Crippen molar-refractivity contribution in [1.82, 2.24) is 25.1 Å². The number of anilines is 1. The summed E-state index contributed by atoms with van der Waals surface area (Å²) in [5.41, 5.74) is 2.28. The summed E-state index contributed by atoms with van der Waals surface area (Å²) in [7, 11) is -1.15. The van der Waals surface area contributed by atoms with Gasteiger partial charge in [0.2, 0.25) is 5.91 Å². The molecule has 2 N–H and O–H groups in total. The van der Waals surface area contributed by atoms with Crippen molar-refractivity contribution in [1.29, 1.82) is 0 Å². The minimum absolute atomic E-state index is 0.0834. The van der Waals surface area contributed by atoms with E-state index in [9.17, 15) is 18.0 Å². The van der Waals surface area contributed by atoms with Crippen molar-refractivity contribution in [3.05, 3.63) is 84.2 Å². The molecule has 1 fully saturated rings. The smallest absolute Gasteiger partial charge is 0.281 e. The monoisotopic (exact) mass is 756 g/mol. The van der Waals surface area contributed by atoms with Crippen molar-refractivity contribution in [3.8, 4) is 5.75 Å². The maximum Gasteiger partial charge on any atom is 0.281 e. The van der Waals surface area contributed by atoms with Crippen LogP contribution in [-0.2, 0) is 29.8 Å². The number of sulfonamides is 1. The van der Waals surface area contributed by atoms with Crippen LogP contribution >= 0.6 is 23.8 Å². The van der Waals surface area contributed by atoms with E-state index in [1.54, 1.807) is 49.0 Å². The second-order valence-corrected chi connectivity index (χ2v) is 15.9. The van der Waals surface area contributed by atoms with Gasteiger partial charge in [0.15, 0.2) is 5.03 Å². The van der Waals surface area contributed by atoms with E-state index >= 15 is 0 Å². The van der Waals surface area contributed by atoms with E-state index in [0.29, 0.717) is 66.4 Å². The van der Waals surface area contributed by atoms with Gasteiger partial charge in [-0.1, -0.05) is 36.4 Å². The number of piperazine rings is 1. The predicted molar refractivity (Wildman–Crippen MR) is 201 cm³/mol. The topological polar surface area (TPSA) is 146 Å². The first kappa shape index (κ1) is 38.4. The summed E-state index contributed by atoms with van der Waals surface area (Å²) in [6.07, 6.45) is 2.08. The number of H-pyrrole nitrogens is 1. The normalized spacial score (nSPS) is 14.4. The Morgan fingerprint density at radius 2 is 1.82 bits per heavy atom. The molecule has 274 valence electrons. The number of aromatic nitrogens is 2. The SMILES string of the molecule is COOSCCCOc1cc(N(C)S(=O)(=O)c2ccccn2)c2[nH]c(C(=O)NCC(CN3CCN(C(C)=O)CC3)SCc3ccccc3)cc2c1. The molecule has 0 saturated carbocycles. The Hall–Kier alpha value is -3.80. The Balaban J connectivity index is 1.34. The van der Waals surface area contributed by atoms with E-state index in [1.165, 1.54) is 32.0 Å². The molecule has 13 nitrogen and oxygen atoms in total. The third-order valence-corrected chi connectivity index (χ3v) is 12.0. The van der Waals surface area contributed by atoms with Crippen LogP contribution in [0.3, 0.4) is 0 Å². The van der Waals surface area contributed by atoms with Crippen LogP contribution in [0.25, 0.3) is 10.9 Å². The fourth-order valence-corrected chi connectivity index (χ4v) is 8.28. The van der Waals surface area contributed by atoms with E-state index in [0.717, 1.165) is 41.7 Å². The molecule has 0 radical (unpaired) electrons. The van der Waals surface area contributed by atoms with E-state index in [-0.39, 0.29) is 22.1 Å². The van der Waals surface area contributed by atoms with Crippen LogP contribution < -0.4 is 14.4 Å². The summed E-state index contributed by atoms with van der Waals surface area (Å²) in [5, 5.41) is 3.71. The third-order valence-electron chi connectivity index (χ3n) is 8.38. The number of carbonyl (C=O) groups is 2. The van der Waals surface area contributed by atoms with Gasteiger partial charge in [-0.15, -0.1) is 0 Å². The predicted octanol–water partition coefficient (Wildman–Crippen LogP) is 4.58. The molecule has 0 spiro atoms. The second-order valence-electron chi connectivity index (χ2n) is 11.9. The third kappa shape index (κ3) is 10.6. The Labute approximate surface area is 307 Å². The number of thioether (sulfide) groups is 1. The molecule has 5 rings (SSSR count). The summed E-state index contributed by atoms with van der Waals surface area (Å²) >= 11 is 2.94. The number of hydrogen-bond acceptors (Lipinski definition) is 11. The zero-order valence-corrected chi connectivity index (χ0v) is 31.4. The molecule has 0 aliphatic carbocycles. The minimum atomic E-state index is -4.04. The standard InChI is InChI=1S/C35H44N6O7S3/c1-26(42)41-16-14-40(15-17-41)24-30(49-25-27-10-5-4-6-11-27)23-37-35(43)31-21-28-20-29(47-18-9-19-50-48-46-3)22-32(34(28)38-31)39(2)51(44,45)33-12-7-8-13-36-33/h4-8,10-13,20-22,30,38H,9,14-19,23-25H2,1-3H3,(H,37,43). The van der Waals surface area contributed by atoms with Crippen molar-refractivity contribution < 1.29 is 32.0 Å². The summed E-state index contributed by atoms with van der Waals surface area (Å²) in [5.74, 6) is 1.65. The van der Waals surface area contributed by atoms with Gasteiger partial charge in [-0.2, -0.15) is 24.5 Å². The highest BCUT2D eigenvalue weighted by atomic mass is 32.2. The number of carbonyl (C=O) groups excluding carboxylic acids is 2. The number of ether oxygens (including phenoxy) is 1. The molecule has 2 aromatic carbocycles. The molecule has 4 aromatic rings. The number of aromatic amines is 1. The average molecular weight is 757 g/mol. The van der Waals surface area contributed by atoms with Crippen LogP contribution in [0.1, 0.15) is 29.4 Å². The number of benzene rings is 2. The molecule has 1 aliphatic rings. The molecular weight excluding hydrogens is 713 g/mol. The number of nitrogens with one attached hydrogen (secondary N) is 2. The van der Waals surface area contributed by atoms with Crippen LogP contribution in [-0.4, -0.2) is 111 Å². The summed E-state index contributed by atoms with van der Waals surface area (Å²) in [6.45, 7) is 6.05. The molecular formula is C35H44N6O7S3. The molecule has 0 bridgehead atoms. The average Bonchev–Trinajstić information content (AvgIpc) is 3.59. The highest BCUT2D eigenvalue weighted by molar-refractivity contribution is 7.99. The van der Waals surface area contributed by atoms with Gasteiger partial charge in [0.1, 0.15) is 11.4 Å². The lowest BCUT2D eigenvalue weighted by molar-refractivity contribution is -0.160. The number of pyridine rings is 1. The van der Waals surface area contributed by atoms with Crippen LogP contribution in [0.4, 0.5) is 5.69 Å². The Morgan fingerprint density at radius 3 is 2.53 bits per heavy atom.